The third-order valence-corrected chi connectivity index (χ3v) is 6.52. The van der Waals surface area contributed by atoms with Crippen LogP contribution < -0.4 is 0 Å². The lowest BCUT2D eigenvalue weighted by Crippen LogP contribution is -2.52. The van der Waals surface area contributed by atoms with E-state index < -0.39 is 35.9 Å². The molecule has 0 radical (unpaired) electrons. The molecule has 10 heteroatoms. The van der Waals surface area contributed by atoms with Gasteiger partial charge in [0.25, 0.3) is 0 Å². The summed E-state index contributed by atoms with van der Waals surface area (Å²) in [5.41, 5.74) is -2.02. The lowest BCUT2D eigenvalue weighted by molar-refractivity contribution is -0.213. The summed E-state index contributed by atoms with van der Waals surface area (Å²) in [7, 11) is 0. The lowest BCUT2D eigenvalue weighted by atomic mass is 9.85. The minimum absolute atomic E-state index is 0.0273. The first kappa shape index (κ1) is 25.9. The monoisotopic (exact) mass is 503 g/mol. The first-order valence-corrected chi connectivity index (χ1v) is 11.5. The first-order chi connectivity index (χ1) is 16.5. The Hall–Kier alpha value is -2.14. The second kappa shape index (κ2) is 10.5. The maximum absolute atomic E-state index is 13.4. The zero-order valence-electron chi connectivity index (χ0n) is 19.1. The molecule has 0 aromatic heterocycles. The molecule has 0 N–H and O–H groups in total. The van der Waals surface area contributed by atoms with Crippen molar-refractivity contribution < 1.29 is 40.6 Å². The van der Waals surface area contributed by atoms with Crippen LogP contribution in [-0.4, -0.2) is 50.1 Å². The van der Waals surface area contributed by atoms with Gasteiger partial charge in [0.2, 0.25) is 0 Å². The van der Waals surface area contributed by atoms with Gasteiger partial charge in [-0.25, -0.2) is 0 Å². The van der Waals surface area contributed by atoms with Crippen molar-refractivity contribution in [1.82, 2.24) is 4.90 Å². The van der Waals surface area contributed by atoms with Crippen LogP contribution in [0.3, 0.4) is 0 Å². The summed E-state index contributed by atoms with van der Waals surface area (Å²) in [4.78, 5) is 2.29. The van der Waals surface area contributed by atoms with Gasteiger partial charge in [0.1, 0.15) is 0 Å². The van der Waals surface area contributed by atoms with Gasteiger partial charge in [-0.2, -0.15) is 26.3 Å². The largest absolute Gasteiger partial charge is 0.416 e. The molecular formula is C25H27F6NO3. The summed E-state index contributed by atoms with van der Waals surface area (Å²) in [6.07, 6.45) is -11.1. The van der Waals surface area contributed by atoms with E-state index >= 15 is 0 Å². The molecule has 2 aromatic rings. The van der Waals surface area contributed by atoms with Crippen molar-refractivity contribution >= 4 is 0 Å². The fraction of sp³-hybridized carbons (Fsp3) is 0.520. The van der Waals surface area contributed by atoms with Crippen LogP contribution in [-0.2, 0) is 26.6 Å². The molecule has 1 unspecified atom stereocenters. The van der Waals surface area contributed by atoms with E-state index in [-0.39, 0.29) is 23.6 Å². The van der Waals surface area contributed by atoms with Crippen molar-refractivity contribution in [2.75, 3.05) is 32.9 Å². The number of nitrogens with zero attached hydrogens (tertiary/aromatic N) is 1. The molecule has 0 bridgehead atoms. The van der Waals surface area contributed by atoms with Gasteiger partial charge in [-0.05, 0) is 42.7 Å². The van der Waals surface area contributed by atoms with Crippen molar-refractivity contribution in [3.05, 3.63) is 70.8 Å². The average Bonchev–Trinajstić information content (AvgIpc) is 2.83. The maximum atomic E-state index is 13.4. The summed E-state index contributed by atoms with van der Waals surface area (Å²) < 4.78 is 97.6. The summed E-state index contributed by atoms with van der Waals surface area (Å²) >= 11 is 0. The molecule has 0 amide bonds. The summed E-state index contributed by atoms with van der Waals surface area (Å²) in [5.74, 6) is -0.279. The number of benzene rings is 2. The number of ether oxygens (including phenoxy) is 3. The highest BCUT2D eigenvalue weighted by atomic mass is 19.4. The van der Waals surface area contributed by atoms with E-state index in [9.17, 15) is 26.3 Å². The van der Waals surface area contributed by atoms with Crippen LogP contribution in [0.1, 0.15) is 47.6 Å². The molecule has 0 spiro atoms. The van der Waals surface area contributed by atoms with E-state index in [2.05, 4.69) is 4.90 Å². The topological polar surface area (TPSA) is 30.9 Å². The molecule has 4 atom stereocenters. The fourth-order valence-electron chi connectivity index (χ4n) is 4.76. The molecular weight excluding hydrogens is 476 g/mol. The molecule has 0 aliphatic carbocycles. The number of alkyl halides is 6. The predicted octanol–water partition coefficient (Wildman–Crippen LogP) is 6.03. The summed E-state index contributed by atoms with van der Waals surface area (Å²) in [6.45, 7) is 4.42. The molecule has 35 heavy (non-hydrogen) atoms. The minimum atomic E-state index is -4.93. The smallest absolute Gasteiger partial charge is 0.379 e. The zero-order chi connectivity index (χ0) is 25.2. The number of halogens is 6. The molecule has 2 saturated heterocycles. The number of morpholine rings is 1. The summed E-state index contributed by atoms with van der Waals surface area (Å²) in [5, 5.41) is 0. The Labute approximate surface area is 199 Å². The second-order valence-electron chi connectivity index (χ2n) is 8.80. The van der Waals surface area contributed by atoms with Crippen LogP contribution >= 0.6 is 0 Å². The molecule has 0 saturated carbocycles. The Kier molecular flexibility index (Phi) is 7.75. The van der Waals surface area contributed by atoms with Crippen molar-refractivity contribution in [2.45, 2.75) is 50.1 Å². The quantitative estimate of drug-likeness (QED) is 0.466. The highest BCUT2D eigenvalue weighted by Crippen LogP contribution is 2.41. The van der Waals surface area contributed by atoms with Crippen LogP contribution in [0.2, 0.25) is 0 Å². The Morgan fingerprint density at radius 1 is 0.886 bits per heavy atom. The third kappa shape index (κ3) is 6.17. The van der Waals surface area contributed by atoms with Gasteiger partial charge in [0, 0.05) is 19.1 Å². The van der Waals surface area contributed by atoms with E-state index in [1.807, 2.05) is 30.3 Å². The van der Waals surface area contributed by atoms with Gasteiger partial charge in [-0.3, -0.25) is 4.90 Å². The van der Waals surface area contributed by atoms with E-state index in [4.69, 9.17) is 14.2 Å². The van der Waals surface area contributed by atoms with Crippen molar-refractivity contribution in [3.8, 4) is 0 Å². The van der Waals surface area contributed by atoms with Gasteiger partial charge >= 0.3 is 12.4 Å². The van der Waals surface area contributed by atoms with Crippen molar-refractivity contribution in [3.63, 3.8) is 0 Å². The van der Waals surface area contributed by atoms with Crippen LogP contribution in [0.25, 0.3) is 0 Å². The molecule has 4 nitrogen and oxygen atoms in total. The lowest BCUT2D eigenvalue weighted by Gasteiger charge is -2.45. The molecule has 2 heterocycles. The molecule has 2 aliphatic heterocycles. The van der Waals surface area contributed by atoms with Crippen LogP contribution in [0.4, 0.5) is 26.3 Å². The molecule has 4 rings (SSSR count). The van der Waals surface area contributed by atoms with Gasteiger partial charge in [0.15, 0.2) is 6.29 Å². The van der Waals surface area contributed by atoms with Crippen molar-refractivity contribution in [1.29, 1.82) is 0 Å². The van der Waals surface area contributed by atoms with E-state index in [1.54, 1.807) is 0 Å². The number of hydrogen-bond donors (Lipinski definition) is 0. The SMILES string of the molecule is CC(O[C@H]1OCC[C@@H](N2CCOCC2)[C@H]1c1ccccc1)c1cc(C(F)(F)F)cc(C(F)(F)F)c1. The third-order valence-electron chi connectivity index (χ3n) is 6.52. The van der Waals surface area contributed by atoms with E-state index in [0.717, 1.165) is 25.1 Å². The highest BCUT2D eigenvalue weighted by molar-refractivity contribution is 5.35. The molecule has 2 aromatic carbocycles. The number of hydrogen-bond acceptors (Lipinski definition) is 4. The van der Waals surface area contributed by atoms with Gasteiger partial charge in [-0.1, -0.05) is 30.3 Å². The van der Waals surface area contributed by atoms with Crippen LogP contribution in [0.5, 0.6) is 0 Å². The Morgan fingerprint density at radius 3 is 2.06 bits per heavy atom. The van der Waals surface area contributed by atoms with Crippen LogP contribution in [0.15, 0.2) is 48.5 Å². The zero-order valence-corrected chi connectivity index (χ0v) is 19.1. The predicted molar refractivity (Wildman–Crippen MR) is 116 cm³/mol. The number of rotatable bonds is 5. The molecule has 192 valence electrons. The molecule has 2 fully saturated rings. The van der Waals surface area contributed by atoms with Gasteiger partial charge in [-0.15, -0.1) is 0 Å². The standard InChI is InChI=1S/C25H27F6NO3/c1-16(18-13-19(24(26,27)28)15-20(14-18)25(29,30)31)35-23-22(17-5-3-2-4-6-17)21(7-10-34-23)32-8-11-33-12-9-32/h2-6,13-16,21-23H,7-12H2,1H3/t16?,21-,22-,23-/m1/s1. The van der Waals surface area contributed by atoms with E-state index in [0.29, 0.717) is 32.0 Å². The van der Waals surface area contributed by atoms with Crippen LogP contribution in [0, 0.1) is 0 Å². The Bertz CT molecular complexity index is 943. The average molecular weight is 503 g/mol. The Morgan fingerprint density at radius 2 is 1.49 bits per heavy atom. The van der Waals surface area contributed by atoms with Gasteiger partial charge in [0.05, 0.1) is 43.0 Å². The van der Waals surface area contributed by atoms with E-state index in [1.165, 1.54) is 6.92 Å². The highest BCUT2D eigenvalue weighted by Gasteiger charge is 2.41. The Balaban J connectivity index is 1.64. The second-order valence-corrected chi connectivity index (χ2v) is 8.80. The van der Waals surface area contributed by atoms with Crippen molar-refractivity contribution in [2.24, 2.45) is 0 Å². The maximum Gasteiger partial charge on any atom is 0.416 e. The summed E-state index contributed by atoms with van der Waals surface area (Å²) in [6, 6.07) is 11.1. The normalized spacial score (nSPS) is 25.4. The molecule has 2 aliphatic rings. The van der Waals surface area contributed by atoms with Gasteiger partial charge < -0.3 is 14.2 Å². The fourth-order valence-corrected chi connectivity index (χ4v) is 4.76. The first-order valence-electron chi connectivity index (χ1n) is 11.5. The minimum Gasteiger partial charge on any atom is -0.379 e.